The van der Waals surface area contributed by atoms with E-state index in [0.717, 1.165) is 66.5 Å². The highest BCUT2D eigenvalue weighted by molar-refractivity contribution is 6.15. The van der Waals surface area contributed by atoms with Crippen LogP contribution in [0.2, 0.25) is 0 Å². The summed E-state index contributed by atoms with van der Waals surface area (Å²) in [6.45, 7) is 0. The number of rotatable bonds is 6. The topological polar surface area (TPSA) is 48.5 Å². The zero-order chi connectivity index (χ0) is 37.0. The van der Waals surface area contributed by atoms with Crippen LogP contribution in [-0.2, 0) is 0 Å². The molecular weight excluding hydrogens is 683 g/mol. The fourth-order valence-corrected chi connectivity index (χ4v) is 8.21. The Morgan fingerprint density at radius 1 is 0.286 bits per heavy atom. The average molecular weight is 716 g/mol. The van der Waals surface area contributed by atoms with E-state index in [2.05, 4.69) is 185 Å². The van der Waals surface area contributed by atoms with Crippen molar-refractivity contribution in [2.24, 2.45) is 0 Å². The Labute approximate surface area is 323 Å². The maximum atomic E-state index is 5.36. The lowest BCUT2D eigenvalue weighted by molar-refractivity contribution is 1.07. The standard InChI is InChI=1S/C51H33N5/c1-4-16-34(17-5-1)35-28-30-37(31-29-35)50-52-49(36-18-6-2-7-19-36)53-51(54-50)44-33-39(55-45-25-13-10-22-40(45)41-23-11-14-26-46(41)55)32-43-42-24-12-15-27-47(42)56(48(43)44)38-20-8-3-9-21-38/h1-33H. The average Bonchev–Trinajstić information content (AvgIpc) is 3.80. The first-order valence-electron chi connectivity index (χ1n) is 18.9. The summed E-state index contributed by atoms with van der Waals surface area (Å²) in [5.74, 6) is 1.84. The molecule has 262 valence electrons. The van der Waals surface area contributed by atoms with Crippen LogP contribution in [0.25, 0.3) is 100 Å². The second kappa shape index (κ2) is 13.0. The summed E-state index contributed by atoms with van der Waals surface area (Å²) < 4.78 is 4.74. The molecule has 0 aliphatic heterocycles. The van der Waals surface area contributed by atoms with Gasteiger partial charge in [0.2, 0.25) is 0 Å². The van der Waals surface area contributed by atoms with Gasteiger partial charge in [0, 0.05) is 49.6 Å². The van der Waals surface area contributed by atoms with Crippen LogP contribution >= 0.6 is 0 Å². The van der Waals surface area contributed by atoms with Gasteiger partial charge in [-0.25, -0.2) is 15.0 Å². The van der Waals surface area contributed by atoms with E-state index in [4.69, 9.17) is 15.0 Å². The predicted molar refractivity (Wildman–Crippen MR) is 230 cm³/mol. The molecule has 0 saturated carbocycles. The number of benzene rings is 8. The van der Waals surface area contributed by atoms with Crippen molar-refractivity contribution in [3.8, 4) is 56.7 Å². The number of para-hydroxylation sites is 4. The Morgan fingerprint density at radius 3 is 1.29 bits per heavy atom. The van der Waals surface area contributed by atoms with Gasteiger partial charge >= 0.3 is 0 Å². The Hall–Kier alpha value is -7.63. The Balaban J connectivity index is 1.24. The van der Waals surface area contributed by atoms with Gasteiger partial charge in [-0.05, 0) is 53.6 Å². The first-order valence-corrected chi connectivity index (χ1v) is 18.9. The van der Waals surface area contributed by atoms with Crippen LogP contribution in [0, 0.1) is 0 Å². The molecule has 11 aromatic rings. The van der Waals surface area contributed by atoms with Gasteiger partial charge in [-0.2, -0.15) is 0 Å². The third kappa shape index (κ3) is 5.21. The summed E-state index contributed by atoms with van der Waals surface area (Å²) in [6, 6.07) is 70.3. The van der Waals surface area contributed by atoms with E-state index in [0.29, 0.717) is 17.5 Å². The van der Waals surface area contributed by atoms with Crippen molar-refractivity contribution in [2.45, 2.75) is 0 Å². The largest absolute Gasteiger partial charge is 0.309 e. The van der Waals surface area contributed by atoms with E-state index < -0.39 is 0 Å². The fourth-order valence-electron chi connectivity index (χ4n) is 8.21. The molecule has 5 nitrogen and oxygen atoms in total. The Kier molecular flexibility index (Phi) is 7.42. The van der Waals surface area contributed by atoms with E-state index in [1.807, 2.05) is 24.3 Å². The molecule has 0 fully saturated rings. The molecule has 5 heteroatoms. The maximum Gasteiger partial charge on any atom is 0.166 e. The third-order valence-electron chi connectivity index (χ3n) is 10.8. The van der Waals surface area contributed by atoms with Crippen molar-refractivity contribution in [3.63, 3.8) is 0 Å². The molecule has 0 amide bonds. The van der Waals surface area contributed by atoms with Gasteiger partial charge in [-0.15, -0.1) is 0 Å². The fraction of sp³-hybridized carbons (Fsp3) is 0. The van der Waals surface area contributed by atoms with Crippen LogP contribution in [0.1, 0.15) is 0 Å². The Bertz CT molecular complexity index is 3170. The van der Waals surface area contributed by atoms with Crippen molar-refractivity contribution in [1.82, 2.24) is 24.1 Å². The molecule has 3 heterocycles. The van der Waals surface area contributed by atoms with Gasteiger partial charge in [0.05, 0.1) is 22.1 Å². The third-order valence-corrected chi connectivity index (χ3v) is 10.8. The van der Waals surface area contributed by atoms with Crippen LogP contribution in [0.15, 0.2) is 200 Å². The minimum Gasteiger partial charge on any atom is -0.309 e. The summed E-state index contributed by atoms with van der Waals surface area (Å²) >= 11 is 0. The van der Waals surface area contributed by atoms with Crippen molar-refractivity contribution in [2.75, 3.05) is 0 Å². The van der Waals surface area contributed by atoms with Crippen molar-refractivity contribution >= 4 is 43.6 Å². The van der Waals surface area contributed by atoms with Gasteiger partial charge in [0.25, 0.3) is 0 Å². The second-order valence-electron chi connectivity index (χ2n) is 14.1. The molecular formula is C51H33N5. The number of aromatic nitrogens is 5. The molecule has 8 aromatic carbocycles. The maximum absolute atomic E-state index is 5.36. The highest BCUT2D eigenvalue weighted by Gasteiger charge is 2.23. The molecule has 0 atom stereocenters. The highest BCUT2D eigenvalue weighted by Crippen LogP contribution is 2.42. The summed E-state index contributed by atoms with van der Waals surface area (Å²) in [5, 5.41) is 4.70. The quantitative estimate of drug-likeness (QED) is 0.172. The van der Waals surface area contributed by atoms with Crippen LogP contribution in [0.5, 0.6) is 0 Å². The molecule has 0 N–H and O–H groups in total. The van der Waals surface area contributed by atoms with Crippen LogP contribution in [-0.4, -0.2) is 24.1 Å². The number of fused-ring (bicyclic) bond motifs is 6. The minimum atomic E-state index is 0.605. The molecule has 0 aliphatic carbocycles. The normalized spacial score (nSPS) is 11.6. The lowest BCUT2D eigenvalue weighted by atomic mass is 10.0. The lowest BCUT2D eigenvalue weighted by Crippen LogP contribution is -2.03. The lowest BCUT2D eigenvalue weighted by Gasteiger charge is -2.15. The summed E-state index contributed by atoms with van der Waals surface area (Å²) in [5.41, 5.74) is 11.6. The van der Waals surface area contributed by atoms with Crippen LogP contribution in [0.3, 0.4) is 0 Å². The Morgan fingerprint density at radius 2 is 0.696 bits per heavy atom. The molecule has 3 aromatic heterocycles. The summed E-state index contributed by atoms with van der Waals surface area (Å²) in [7, 11) is 0. The van der Waals surface area contributed by atoms with Crippen molar-refractivity contribution in [3.05, 3.63) is 200 Å². The van der Waals surface area contributed by atoms with E-state index >= 15 is 0 Å². The highest BCUT2D eigenvalue weighted by atomic mass is 15.1. The van der Waals surface area contributed by atoms with Gasteiger partial charge in [-0.1, -0.05) is 158 Å². The zero-order valence-electron chi connectivity index (χ0n) is 30.3. The molecule has 0 aliphatic rings. The molecule has 0 spiro atoms. The number of hydrogen-bond acceptors (Lipinski definition) is 3. The molecule has 0 radical (unpaired) electrons. The van der Waals surface area contributed by atoms with E-state index in [-0.39, 0.29) is 0 Å². The molecule has 56 heavy (non-hydrogen) atoms. The van der Waals surface area contributed by atoms with Gasteiger partial charge in [-0.3, -0.25) is 0 Å². The van der Waals surface area contributed by atoms with Crippen molar-refractivity contribution in [1.29, 1.82) is 0 Å². The monoisotopic (exact) mass is 715 g/mol. The van der Waals surface area contributed by atoms with Gasteiger partial charge < -0.3 is 9.13 Å². The number of hydrogen-bond donors (Lipinski definition) is 0. The van der Waals surface area contributed by atoms with Gasteiger partial charge in [0.15, 0.2) is 17.5 Å². The molecule has 0 unspecified atom stereocenters. The summed E-state index contributed by atoms with van der Waals surface area (Å²) in [4.78, 5) is 15.8. The first kappa shape index (κ1) is 31.9. The first-order chi connectivity index (χ1) is 27.8. The van der Waals surface area contributed by atoms with Gasteiger partial charge in [0.1, 0.15) is 0 Å². The molecule has 0 bridgehead atoms. The summed E-state index contributed by atoms with van der Waals surface area (Å²) in [6.07, 6.45) is 0. The minimum absolute atomic E-state index is 0.605. The van der Waals surface area contributed by atoms with Crippen LogP contribution < -0.4 is 0 Å². The SMILES string of the molecule is c1ccc(-c2ccc(-c3nc(-c4ccccc4)nc(-c4cc(-n5c6ccccc6c6ccccc65)cc5c6ccccc6n(-c6ccccc6)c45)n3)cc2)cc1. The van der Waals surface area contributed by atoms with E-state index in [1.54, 1.807) is 0 Å². The molecule has 0 saturated heterocycles. The van der Waals surface area contributed by atoms with Crippen molar-refractivity contribution < 1.29 is 0 Å². The van der Waals surface area contributed by atoms with Crippen LogP contribution in [0.4, 0.5) is 0 Å². The van der Waals surface area contributed by atoms with E-state index in [1.165, 1.54) is 16.3 Å². The van der Waals surface area contributed by atoms with E-state index in [9.17, 15) is 0 Å². The predicted octanol–water partition coefficient (Wildman–Crippen LogP) is 12.7. The zero-order valence-corrected chi connectivity index (χ0v) is 30.3. The smallest absolute Gasteiger partial charge is 0.166 e. The number of nitrogens with zero attached hydrogens (tertiary/aromatic N) is 5. The second-order valence-corrected chi connectivity index (χ2v) is 14.1. The molecule has 11 rings (SSSR count).